The maximum absolute atomic E-state index is 13.0. The first-order valence-electron chi connectivity index (χ1n) is 7.62. The molecule has 1 aromatic carbocycles. The van der Waals surface area contributed by atoms with Gasteiger partial charge in [0.25, 0.3) is 0 Å². The van der Waals surface area contributed by atoms with Gasteiger partial charge in [-0.25, -0.2) is 8.42 Å². The van der Waals surface area contributed by atoms with Crippen molar-refractivity contribution in [3.8, 4) is 11.5 Å². The van der Waals surface area contributed by atoms with Gasteiger partial charge in [0.15, 0.2) is 11.5 Å². The van der Waals surface area contributed by atoms with E-state index in [1.807, 2.05) is 0 Å². The molecule has 140 valence electrons. The summed E-state index contributed by atoms with van der Waals surface area (Å²) in [6.45, 7) is -1.58. The Morgan fingerprint density at radius 2 is 1.81 bits per heavy atom. The standard InChI is InChI=1S/C16H15F3N2O4S/c17-16(18,19)11-21(10-12-3-1-2-6-20-12)26(22,23)13-4-5-14-15(9-13)25-8-7-24-14/h1-6,9H,7-8,10-11H2. The van der Waals surface area contributed by atoms with E-state index in [1.165, 1.54) is 30.5 Å². The van der Waals surface area contributed by atoms with Gasteiger partial charge in [0, 0.05) is 12.3 Å². The Balaban J connectivity index is 1.95. The first kappa shape index (κ1) is 18.5. The third kappa shape index (κ3) is 4.25. The zero-order valence-corrected chi connectivity index (χ0v) is 14.3. The molecule has 2 aromatic rings. The first-order valence-corrected chi connectivity index (χ1v) is 9.06. The van der Waals surface area contributed by atoms with Crippen molar-refractivity contribution in [3.63, 3.8) is 0 Å². The van der Waals surface area contributed by atoms with Crippen LogP contribution in [0.25, 0.3) is 0 Å². The molecule has 3 rings (SSSR count). The quantitative estimate of drug-likeness (QED) is 0.788. The zero-order chi connectivity index (χ0) is 18.8. The fourth-order valence-corrected chi connectivity index (χ4v) is 3.84. The van der Waals surface area contributed by atoms with Crippen LogP contribution in [0.15, 0.2) is 47.5 Å². The summed E-state index contributed by atoms with van der Waals surface area (Å²) in [5, 5.41) is 0. The van der Waals surface area contributed by atoms with Crippen LogP contribution in [0.4, 0.5) is 13.2 Å². The lowest BCUT2D eigenvalue weighted by atomic mass is 10.3. The summed E-state index contributed by atoms with van der Waals surface area (Å²) in [6.07, 6.45) is -3.31. The molecular weight excluding hydrogens is 373 g/mol. The van der Waals surface area contributed by atoms with Gasteiger partial charge in [0.05, 0.1) is 17.1 Å². The molecule has 10 heteroatoms. The normalized spacial score (nSPS) is 14.5. The molecule has 0 aliphatic carbocycles. The third-order valence-corrected chi connectivity index (χ3v) is 5.36. The minimum Gasteiger partial charge on any atom is -0.486 e. The van der Waals surface area contributed by atoms with E-state index in [0.717, 1.165) is 0 Å². The predicted octanol–water partition coefficient (Wildman–Crippen LogP) is 2.61. The molecule has 26 heavy (non-hydrogen) atoms. The van der Waals surface area contributed by atoms with E-state index in [-0.39, 0.29) is 22.9 Å². The number of benzene rings is 1. The highest BCUT2D eigenvalue weighted by molar-refractivity contribution is 7.89. The average Bonchev–Trinajstić information content (AvgIpc) is 2.60. The summed E-state index contributed by atoms with van der Waals surface area (Å²) in [7, 11) is -4.43. The Kier molecular flexibility index (Phi) is 5.05. The number of halogens is 3. The van der Waals surface area contributed by atoms with Crippen LogP contribution in [0, 0.1) is 0 Å². The lowest BCUT2D eigenvalue weighted by Gasteiger charge is -2.24. The molecule has 0 fully saturated rings. The second-order valence-electron chi connectivity index (χ2n) is 5.51. The molecule has 0 saturated heterocycles. The highest BCUT2D eigenvalue weighted by Gasteiger charge is 2.37. The minimum atomic E-state index is -4.70. The maximum atomic E-state index is 13.0. The molecule has 0 unspecified atom stereocenters. The molecule has 0 saturated carbocycles. The molecule has 0 bridgehead atoms. The molecule has 1 aliphatic heterocycles. The van der Waals surface area contributed by atoms with E-state index in [1.54, 1.807) is 12.1 Å². The third-order valence-electron chi connectivity index (χ3n) is 3.57. The van der Waals surface area contributed by atoms with E-state index in [2.05, 4.69) is 4.98 Å². The fourth-order valence-electron chi connectivity index (χ4n) is 2.43. The van der Waals surface area contributed by atoms with E-state index >= 15 is 0 Å². The number of rotatable bonds is 5. The minimum absolute atomic E-state index is 0.183. The van der Waals surface area contributed by atoms with E-state index in [0.29, 0.717) is 16.7 Å². The summed E-state index contributed by atoms with van der Waals surface area (Å²) in [6, 6.07) is 8.37. The molecule has 1 aliphatic rings. The van der Waals surface area contributed by atoms with Crippen molar-refractivity contribution < 1.29 is 31.1 Å². The first-order chi connectivity index (χ1) is 12.3. The Morgan fingerprint density at radius 3 is 2.46 bits per heavy atom. The summed E-state index contributed by atoms with van der Waals surface area (Å²) < 4.78 is 75.4. The number of alkyl halides is 3. The Labute approximate surface area is 148 Å². The van der Waals surface area contributed by atoms with Crippen molar-refractivity contribution in [2.75, 3.05) is 19.8 Å². The van der Waals surface area contributed by atoms with Crippen molar-refractivity contribution in [3.05, 3.63) is 48.3 Å². The lowest BCUT2D eigenvalue weighted by Crippen LogP contribution is -2.38. The molecule has 2 heterocycles. The zero-order valence-electron chi connectivity index (χ0n) is 13.4. The molecule has 0 amide bonds. The number of hydrogen-bond donors (Lipinski definition) is 0. The van der Waals surface area contributed by atoms with Gasteiger partial charge in [-0.05, 0) is 24.3 Å². The molecule has 0 spiro atoms. The maximum Gasteiger partial charge on any atom is 0.402 e. The number of sulfonamides is 1. The van der Waals surface area contributed by atoms with Gasteiger partial charge in [-0.15, -0.1) is 0 Å². The Morgan fingerprint density at radius 1 is 1.08 bits per heavy atom. The highest BCUT2D eigenvalue weighted by atomic mass is 32.2. The summed E-state index contributed by atoms with van der Waals surface area (Å²) in [5.41, 5.74) is 0.206. The van der Waals surface area contributed by atoms with Crippen LogP contribution < -0.4 is 9.47 Å². The van der Waals surface area contributed by atoms with Crippen molar-refractivity contribution in [2.45, 2.75) is 17.6 Å². The smallest absolute Gasteiger partial charge is 0.402 e. The molecule has 0 N–H and O–H groups in total. The summed E-state index contributed by atoms with van der Waals surface area (Å²) in [5.74, 6) is 0.532. The molecular formula is C16H15F3N2O4S. The van der Waals surface area contributed by atoms with Crippen LogP contribution in [0.5, 0.6) is 11.5 Å². The fraction of sp³-hybridized carbons (Fsp3) is 0.312. The highest BCUT2D eigenvalue weighted by Crippen LogP contribution is 2.34. The number of nitrogens with zero attached hydrogens (tertiary/aromatic N) is 2. The SMILES string of the molecule is O=S(=O)(c1ccc2c(c1)OCCO2)N(Cc1ccccn1)CC(F)(F)F. The van der Waals surface area contributed by atoms with Crippen molar-refractivity contribution >= 4 is 10.0 Å². The average molecular weight is 388 g/mol. The Bertz CT molecular complexity index is 873. The number of fused-ring (bicyclic) bond motifs is 1. The number of hydrogen-bond acceptors (Lipinski definition) is 5. The summed E-state index contributed by atoms with van der Waals surface area (Å²) in [4.78, 5) is 3.60. The van der Waals surface area contributed by atoms with Crippen LogP contribution in [-0.2, 0) is 16.6 Å². The van der Waals surface area contributed by atoms with Gasteiger partial charge in [0.1, 0.15) is 19.8 Å². The van der Waals surface area contributed by atoms with E-state index in [4.69, 9.17) is 9.47 Å². The van der Waals surface area contributed by atoms with Gasteiger partial charge >= 0.3 is 6.18 Å². The van der Waals surface area contributed by atoms with Gasteiger partial charge in [-0.2, -0.15) is 17.5 Å². The molecule has 6 nitrogen and oxygen atoms in total. The van der Waals surface area contributed by atoms with Crippen molar-refractivity contribution in [1.82, 2.24) is 9.29 Å². The molecule has 0 atom stereocenters. The van der Waals surface area contributed by atoms with E-state index in [9.17, 15) is 21.6 Å². The summed E-state index contributed by atoms with van der Waals surface area (Å²) >= 11 is 0. The number of pyridine rings is 1. The van der Waals surface area contributed by atoms with Gasteiger partial charge in [-0.1, -0.05) is 6.07 Å². The predicted molar refractivity (Wildman–Crippen MR) is 85.3 cm³/mol. The van der Waals surface area contributed by atoms with E-state index < -0.39 is 29.3 Å². The van der Waals surface area contributed by atoms with Crippen LogP contribution in [0.3, 0.4) is 0 Å². The van der Waals surface area contributed by atoms with Crippen LogP contribution in [-0.4, -0.2) is 43.6 Å². The van der Waals surface area contributed by atoms with Gasteiger partial charge in [0.2, 0.25) is 10.0 Å². The van der Waals surface area contributed by atoms with Gasteiger partial charge < -0.3 is 9.47 Å². The van der Waals surface area contributed by atoms with Crippen molar-refractivity contribution in [1.29, 1.82) is 0 Å². The molecule has 0 radical (unpaired) electrons. The topological polar surface area (TPSA) is 68.7 Å². The van der Waals surface area contributed by atoms with Gasteiger partial charge in [-0.3, -0.25) is 4.98 Å². The largest absolute Gasteiger partial charge is 0.486 e. The van der Waals surface area contributed by atoms with Crippen LogP contribution >= 0.6 is 0 Å². The van der Waals surface area contributed by atoms with Crippen LogP contribution in [0.2, 0.25) is 0 Å². The monoisotopic (exact) mass is 388 g/mol. The Hall–Kier alpha value is -2.33. The van der Waals surface area contributed by atoms with Crippen LogP contribution in [0.1, 0.15) is 5.69 Å². The lowest BCUT2D eigenvalue weighted by molar-refractivity contribution is -0.137. The molecule has 1 aromatic heterocycles. The number of aromatic nitrogens is 1. The number of ether oxygens (including phenoxy) is 2. The second-order valence-corrected chi connectivity index (χ2v) is 7.45. The van der Waals surface area contributed by atoms with Crippen molar-refractivity contribution in [2.24, 2.45) is 0 Å². The second kappa shape index (κ2) is 7.12.